The number of hydrogen-bond donors (Lipinski definition) is 10. The Labute approximate surface area is 591 Å². The molecular weight excluding hydrogens is 1350 g/mol. The van der Waals surface area contributed by atoms with Gasteiger partial charge in [0.25, 0.3) is 5.91 Å². The van der Waals surface area contributed by atoms with Crippen LogP contribution in [-0.2, 0) is 63.6 Å². The lowest BCUT2D eigenvalue weighted by Gasteiger charge is -2.67. The highest BCUT2D eigenvalue weighted by Gasteiger charge is 2.78. The van der Waals surface area contributed by atoms with E-state index < -0.39 is 208 Å². The first-order chi connectivity index (χ1) is 47.7. The number of amides is 1. The summed E-state index contributed by atoms with van der Waals surface area (Å²) < 4.78 is 47.3. The second-order valence-electron chi connectivity index (χ2n) is 27.5. The Morgan fingerprint density at radius 1 is 0.755 bits per heavy atom. The van der Waals surface area contributed by atoms with Crippen molar-refractivity contribution in [2.75, 3.05) is 20.3 Å². The minimum absolute atomic E-state index is 0. The number of halogens is 1. The molecule has 28 heteroatoms. The van der Waals surface area contributed by atoms with Crippen molar-refractivity contribution < 1.29 is 122 Å². The maximum absolute atomic E-state index is 15.5. The van der Waals surface area contributed by atoms with E-state index in [1.54, 1.807) is 99.6 Å². The van der Waals surface area contributed by atoms with E-state index in [9.17, 15) is 79.2 Å². The molecular formula is C74H81ClN2O25. The number of nitrogens with two attached hydrogens (primary N) is 1. The van der Waals surface area contributed by atoms with E-state index in [0.717, 1.165) is 13.8 Å². The van der Waals surface area contributed by atoms with Crippen molar-refractivity contribution in [3.8, 4) is 17.2 Å². The summed E-state index contributed by atoms with van der Waals surface area (Å²) in [6, 6.07) is 26.6. The van der Waals surface area contributed by atoms with Crippen molar-refractivity contribution >= 4 is 65.3 Å². The second-order valence-corrected chi connectivity index (χ2v) is 27.5. The van der Waals surface area contributed by atoms with Crippen molar-refractivity contribution in [1.29, 1.82) is 0 Å². The van der Waals surface area contributed by atoms with Gasteiger partial charge >= 0.3 is 23.9 Å². The molecule has 7 aliphatic rings. The molecule has 544 valence electrons. The molecule has 0 spiro atoms. The molecule has 11 N–H and O–H groups in total. The number of rotatable bonds is 15. The van der Waals surface area contributed by atoms with Gasteiger partial charge in [0.1, 0.15) is 53.4 Å². The predicted octanol–water partition coefficient (Wildman–Crippen LogP) is 4.16. The predicted molar refractivity (Wildman–Crippen MR) is 357 cm³/mol. The highest BCUT2D eigenvalue weighted by Crippen LogP contribution is 2.65. The molecule has 0 unspecified atom stereocenters. The van der Waals surface area contributed by atoms with Gasteiger partial charge in [-0.05, 0) is 67.8 Å². The van der Waals surface area contributed by atoms with Crippen LogP contribution < -0.4 is 15.8 Å². The second kappa shape index (κ2) is 28.8. The number of nitrogens with one attached hydrogen (secondary N) is 1. The minimum Gasteiger partial charge on any atom is -0.507 e. The number of aliphatic hydroxyl groups is 6. The van der Waals surface area contributed by atoms with Gasteiger partial charge in [-0.1, -0.05) is 92.7 Å². The zero-order valence-corrected chi connectivity index (χ0v) is 57.7. The smallest absolute Gasteiger partial charge is 0.338 e. The zero-order valence-electron chi connectivity index (χ0n) is 56.9. The number of aromatic hydroxyl groups is 2. The molecule has 4 fully saturated rings. The van der Waals surface area contributed by atoms with Crippen LogP contribution in [0.3, 0.4) is 0 Å². The number of methoxy groups -OCH3 is 1. The monoisotopic (exact) mass is 1430 g/mol. The summed E-state index contributed by atoms with van der Waals surface area (Å²) in [4.78, 5) is 123. The third-order valence-electron chi connectivity index (χ3n) is 21.3. The fourth-order valence-corrected chi connectivity index (χ4v) is 15.9. The van der Waals surface area contributed by atoms with E-state index in [-0.39, 0.29) is 82.1 Å². The van der Waals surface area contributed by atoms with Gasteiger partial charge in [-0.15, -0.1) is 12.4 Å². The Hall–Kier alpha value is -8.84. The average Bonchev–Trinajstić information content (AvgIpc) is 0.669. The number of carbonyl (C=O) groups excluding carboxylic acids is 9. The van der Waals surface area contributed by atoms with Gasteiger partial charge in [-0.3, -0.25) is 33.6 Å². The molecule has 0 radical (unpaired) electrons. The topological polar surface area (TPSA) is 427 Å². The Morgan fingerprint density at radius 3 is 1.95 bits per heavy atom. The van der Waals surface area contributed by atoms with Crippen LogP contribution in [0.2, 0.25) is 0 Å². The lowest BCUT2D eigenvalue weighted by atomic mass is 9.44. The van der Waals surface area contributed by atoms with E-state index in [1.165, 1.54) is 51.3 Å². The third-order valence-corrected chi connectivity index (χ3v) is 21.3. The lowest BCUT2D eigenvalue weighted by molar-refractivity contribution is -0.346. The molecule has 27 nitrogen and oxygen atoms in total. The molecule has 102 heavy (non-hydrogen) atoms. The first-order valence-electron chi connectivity index (χ1n) is 32.9. The molecule has 1 amide bonds. The molecule has 2 aliphatic heterocycles. The number of carbonyl (C=O) groups is 9. The zero-order chi connectivity index (χ0) is 73.3. The highest BCUT2D eigenvalue weighted by molar-refractivity contribution is 6.31. The van der Waals surface area contributed by atoms with Crippen LogP contribution in [0.4, 0.5) is 0 Å². The number of fused-ring (bicyclic) bond motifs is 8. The van der Waals surface area contributed by atoms with Crippen molar-refractivity contribution in [1.82, 2.24) is 5.32 Å². The quantitative estimate of drug-likeness (QED) is 0.0298. The van der Waals surface area contributed by atoms with Crippen molar-refractivity contribution in [3.05, 3.63) is 170 Å². The number of benzene rings is 5. The average molecular weight is 1430 g/mol. The van der Waals surface area contributed by atoms with E-state index in [4.69, 9.17) is 43.6 Å². The third kappa shape index (κ3) is 12.8. The minimum atomic E-state index is -2.39. The van der Waals surface area contributed by atoms with Gasteiger partial charge in [-0.2, -0.15) is 0 Å². The number of phenolic OH excluding ortho intramolecular Hbond substituents is 2. The van der Waals surface area contributed by atoms with E-state index >= 15 is 4.79 Å². The van der Waals surface area contributed by atoms with Gasteiger partial charge in [0.2, 0.25) is 5.78 Å². The molecule has 2 saturated carbocycles. The Balaban J connectivity index is 0.000000240. The number of phenols is 2. The van der Waals surface area contributed by atoms with Gasteiger partial charge in [0, 0.05) is 79.7 Å². The number of aliphatic hydroxyl groups excluding tert-OH is 4. The summed E-state index contributed by atoms with van der Waals surface area (Å²) >= 11 is 0. The highest BCUT2D eigenvalue weighted by atomic mass is 35.5. The van der Waals surface area contributed by atoms with Crippen LogP contribution in [0.1, 0.15) is 156 Å². The molecule has 2 saturated heterocycles. The van der Waals surface area contributed by atoms with Gasteiger partial charge in [-0.25, -0.2) is 9.59 Å². The van der Waals surface area contributed by atoms with E-state index in [0.29, 0.717) is 5.56 Å². The summed E-state index contributed by atoms with van der Waals surface area (Å²) in [6.07, 6.45) is -15.6. The first-order valence-corrected chi connectivity index (χ1v) is 32.9. The molecule has 0 aromatic heterocycles. The number of ketones is 4. The Morgan fingerprint density at radius 2 is 1.37 bits per heavy atom. The SMILES string of the molecule is CC(=O)O[C@H]1C(=O)[C@@]2(C)[C@H]([C@H](OC(=O)c3ccccc3)[C@]3(O)C[C@H](OC(=O)[C@H](O)[C@@H](NC(=O)c4ccccc4)c4ccccc4)C(C)=C1C3(C)C)[C@]1(OC(C)=O)CO[C@@H]1C[C@@H]2O.COc1cccc2c1C(=O)c1c(O)c3c(c(O)c1C2=O)C[C@@](O)(C(=O)CO)C[C@@H]3O[C@H]1C[C@H](N)[C@H](O)[C@H](C)O1.Cl. The maximum atomic E-state index is 15.5. The van der Waals surface area contributed by atoms with Crippen molar-refractivity contribution in [2.24, 2.45) is 22.5 Å². The largest absolute Gasteiger partial charge is 0.507 e. The lowest BCUT2D eigenvalue weighted by Crippen LogP contribution is -2.82. The normalized spacial score (nSPS) is 30.8. The van der Waals surface area contributed by atoms with Gasteiger partial charge < -0.3 is 89.8 Å². The number of hydrogen-bond acceptors (Lipinski definition) is 26. The van der Waals surface area contributed by atoms with Gasteiger partial charge in [0.05, 0.1) is 77.8 Å². The summed E-state index contributed by atoms with van der Waals surface area (Å²) in [5, 5.41) is 93.9. The van der Waals surface area contributed by atoms with E-state index in [2.05, 4.69) is 5.32 Å². The molecule has 5 aromatic rings. The molecule has 2 bridgehead atoms. The van der Waals surface area contributed by atoms with Crippen LogP contribution in [0.15, 0.2) is 120 Å². The summed E-state index contributed by atoms with van der Waals surface area (Å²) in [7, 11) is 1.32. The van der Waals surface area contributed by atoms with Crippen LogP contribution >= 0.6 is 12.4 Å². The fourth-order valence-electron chi connectivity index (χ4n) is 15.9. The van der Waals surface area contributed by atoms with E-state index in [1.807, 2.05) is 0 Å². The summed E-state index contributed by atoms with van der Waals surface area (Å²) in [5.41, 5.74) is -4.65. The number of ether oxygens (including phenoxy) is 8. The number of esters is 4. The Bertz CT molecular complexity index is 4180. The molecule has 17 atom stereocenters. The van der Waals surface area contributed by atoms with Crippen LogP contribution in [0.5, 0.6) is 17.2 Å². The Kier molecular flexibility index (Phi) is 21.4. The van der Waals surface area contributed by atoms with Crippen LogP contribution in [-0.4, -0.2) is 192 Å². The molecule has 5 aromatic carbocycles. The molecule has 12 rings (SSSR count). The maximum Gasteiger partial charge on any atom is 0.338 e. The first kappa shape index (κ1) is 75.8. The summed E-state index contributed by atoms with van der Waals surface area (Å²) in [6.45, 7) is 8.53. The standard InChI is InChI=1S/C47H51NO14.C27H29NO11.ClH/c1-25-31(60-43(56)36(52)35(28-16-10-7-11-17-28)48-41(54)29-18-12-8-13-19-29)23-47(57)40(61-42(55)30-20-14-9-15-21-30)38-45(6,32(51)22-33-46(38,24-58-33)62-27(3)50)39(53)37(59-26(2)49)34(25)44(47,4)5;1-10-22(31)13(28)6-17(38-10)39-15-8-27(36,16(30)9-29)7-12-19(15)26(35)21-20(24(12)33)23(32)11-4-3-5-14(37-2)18(11)25(21)34;/h7-21,31-33,35-38,40,51-52,57H,22-24H2,1-6H3,(H,48,54);3-5,10,13,15,17,22,29,31,33,35-36H,6-9,28H2,1-2H3;1H/t31-,32-,33+,35-,36+,37+,38-,40-,45+,46-,47+;10-,13-,15-,17-,22+,27-;/m00./s1. The van der Waals surface area contributed by atoms with Crippen molar-refractivity contribution in [2.45, 2.75) is 171 Å². The van der Waals surface area contributed by atoms with Crippen molar-refractivity contribution in [3.63, 3.8) is 0 Å². The molecule has 5 aliphatic carbocycles. The van der Waals surface area contributed by atoms with Gasteiger partial charge in [0.15, 0.2) is 41.4 Å². The summed E-state index contributed by atoms with van der Waals surface area (Å²) in [5.74, 6) is -10.6. The fraction of sp³-hybridized carbons (Fsp3) is 0.446. The van der Waals surface area contributed by atoms with Crippen LogP contribution in [0.25, 0.3) is 0 Å². The van der Waals surface area contributed by atoms with Crippen LogP contribution in [0, 0.1) is 16.7 Å². The number of Topliss-reactive ketones (excluding diaryl/α,β-unsaturated/α-hetero) is 2. The molecule has 2 heterocycles.